The molecule has 0 aliphatic carbocycles. The van der Waals surface area contributed by atoms with Gasteiger partial charge in [-0.2, -0.15) is 0 Å². The van der Waals surface area contributed by atoms with Gasteiger partial charge in [-0.3, -0.25) is 0 Å². The van der Waals surface area contributed by atoms with Gasteiger partial charge in [-0.05, 0) is 22.4 Å². The van der Waals surface area contributed by atoms with Crippen LogP contribution in [-0.4, -0.2) is 11.4 Å². The number of nitrogens with zero attached hydrogens (tertiary/aromatic N) is 1. The molecule has 0 heterocycles. The minimum atomic E-state index is 0.904. The standard InChI is InChI=1S/C11H9NO/c13-12-8-9-5-6-10-3-1-2-4-11(10)7-9/h1-8,13H/b12-8-. The fraction of sp³-hybridized carbons (Fsp3) is 0. The number of hydrogen-bond donors (Lipinski definition) is 1. The highest BCUT2D eigenvalue weighted by Gasteiger charge is 1.92. The van der Waals surface area contributed by atoms with Gasteiger partial charge in [0.05, 0.1) is 6.21 Å². The normalized spacial score (nSPS) is 11.1. The van der Waals surface area contributed by atoms with Gasteiger partial charge in [0.25, 0.3) is 0 Å². The summed E-state index contributed by atoms with van der Waals surface area (Å²) in [5.41, 5.74) is 0.904. The molecule has 2 heteroatoms. The lowest BCUT2D eigenvalue weighted by Gasteiger charge is -1.97. The second-order valence-corrected chi connectivity index (χ2v) is 2.85. The van der Waals surface area contributed by atoms with E-state index in [4.69, 9.17) is 5.21 Å². The maximum atomic E-state index is 8.36. The molecule has 0 unspecified atom stereocenters. The van der Waals surface area contributed by atoms with Gasteiger partial charge in [-0.25, -0.2) is 0 Å². The van der Waals surface area contributed by atoms with Crippen molar-refractivity contribution in [2.75, 3.05) is 0 Å². The van der Waals surface area contributed by atoms with Crippen molar-refractivity contribution < 1.29 is 5.21 Å². The van der Waals surface area contributed by atoms with E-state index < -0.39 is 0 Å². The van der Waals surface area contributed by atoms with Crippen molar-refractivity contribution in [3.63, 3.8) is 0 Å². The summed E-state index contributed by atoms with van der Waals surface area (Å²) >= 11 is 0. The highest BCUT2D eigenvalue weighted by Crippen LogP contribution is 2.14. The minimum absolute atomic E-state index is 0.904. The van der Waals surface area contributed by atoms with Gasteiger partial charge in [0.15, 0.2) is 0 Å². The molecule has 1 N–H and O–H groups in total. The van der Waals surface area contributed by atoms with E-state index in [9.17, 15) is 0 Å². The lowest BCUT2D eigenvalue weighted by molar-refractivity contribution is 0.322. The van der Waals surface area contributed by atoms with Crippen LogP contribution in [0.2, 0.25) is 0 Å². The van der Waals surface area contributed by atoms with Crippen LogP contribution in [0.15, 0.2) is 47.6 Å². The molecule has 2 nitrogen and oxygen atoms in total. The first-order valence-electron chi connectivity index (χ1n) is 4.06. The molecule has 64 valence electrons. The van der Waals surface area contributed by atoms with Gasteiger partial charge in [-0.1, -0.05) is 41.6 Å². The number of hydrogen-bond acceptors (Lipinski definition) is 2. The molecular weight excluding hydrogens is 162 g/mol. The predicted molar refractivity (Wildman–Crippen MR) is 53.3 cm³/mol. The molecule has 0 spiro atoms. The zero-order valence-corrected chi connectivity index (χ0v) is 7.01. The van der Waals surface area contributed by atoms with Crippen LogP contribution in [0.3, 0.4) is 0 Å². The van der Waals surface area contributed by atoms with Crippen LogP contribution in [0, 0.1) is 0 Å². The van der Waals surface area contributed by atoms with Crippen molar-refractivity contribution in [3.8, 4) is 0 Å². The molecule has 0 aliphatic rings. The fourth-order valence-electron chi connectivity index (χ4n) is 1.35. The molecule has 0 bridgehead atoms. The molecule has 0 aliphatic heterocycles. The number of oxime groups is 1. The maximum Gasteiger partial charge on any atom is 0.0734 e. The fourth-order valence-corrected chi connectivity index (χ4v) is 1.35. The van der Waals surface area contributed by atoms with Crippen LogP contribution in [0.1, 0.15) is 5.56 Å². The van der Waals surface area contributed by atoms with Crippen LogP contribution < -0.4 is 0 Å². The lowest BCUT2D eigenvalue weighted by atomic mass is 10.1. The van der Waals surface area contributed by atoms with E-state index in [1.165, 1.54) is 11.6 Å². The molecule has 0 atom stereocenters. The van der Waals surface area contributed by atoms with Crippen molar-refractivity contribution >= 4 is 17.0 Å². The third kappa shape index (κ3) is 1.51. The first-order chi connectivity index (χ1) is 6.40. The molecular formula is C11H9NO. The van der Waals surface area contributed by atoms with Gasteiger partial charge in [0, 0.05) is 0 Å². The summed E-state index contributed by atoms with van der Waals surface area (Å²) in [6.07, 6.45) is 1.42. The Morgan fingerprint density at radius 3 is 2.54 bits per heavy atom. The van der Waals surface area contributed by atoms with Crippen molar-refractivity contribution in [1.82, 2.24) is 0 Å². The Labute approximate surface area is 76.1 Å². The van der Waals surface area contributed by atoms with Gasteiger partial charge < -0.3 is 5.21 Å². The highest BCUT2D eigenvalue weighted by atomic mass is 16.4. The summed E-state index contributed by atoms with van der Waals surface area (Å²) in [5, 5.41) is 13.7. The van der Waals surface area contributed by atoms with Gasteiger partial charge >= 0.3 is 0 Å². The van der Waals surface area contributed by atoms with Crippen LogP contribution in [-0.2, 0) is 0 Å². The first kappa shape index (κ1) is 7.80. The van der Waals surface area contributed by atoms with Crippen molar-refractivity contribution in [2.45, 2.75) is 0 Å². The van der Waals surface area contributed by atoms with Crippen molar-refractivity contribution in [1.29, 1.82) is 0 Å². The Morgan fingerprint density at radius 2 is 1.77 bits per heavy atom. The van der Waals surface area contributed by atoms with Crippen molar-refractivity contribution in [3.05, 3.63) is 48.0 Å². The summed E-state index contributed by atoms with van der Waals surface area (Å²) in [6.45, 7) is 0. The second-order valence-electron chi connectivity index (χ2n) is 2.85. The monoisotopic (exact) mass is 171 g/mol. The average molecular weight is 171 g/mol. The van der Waals surface area contributed by atoms with Gasteiger partial charge in [0.2, 0.25) is 0 Å². The Morgan fingerprint density at radius 1 is 1.00 bits per heavy atom. The lowest BCUT2D eigenvalue weighted by Crippen LogP contribution is -1.80. The number of benzene rings is 2. The number of rotatable bonds is 1. The zero-order valence-electron chi connectivity index (χ0n) is 7.01. The quantitative estimate of drug-likeness (QED) is 0.399. The Bertz CT molecular complexity index is 449. The molecule has 13 heavy (non-hydrogen) atoms. The highest BCUT2D eigenvalue weighted by molar-refractivity contribution is 5.90. The molecule has 0 saturated heterocycles. The van der Waals surface area contributed by atoms with E-state index >= 15 is 0 Å². The SMILES string of the molecule is O/N=C\c1ccc2ccccc2c1. The van der Waals surface area contributed by atoms with Gasteiger partial charge in [-0.15, -0.1) is 0 Å². The smallest absolute Gasteiger partial charge is 0.0734 e. The summed E-state index contributed by atoms with van der Waals surface area (Å²) < 4.78 is 0. The van der Waals surface area contributed by atoms with Crippen LogP contribution >= 0.6 is 0 Å². The van der Waals surface area contributed by atoms with Crippen LogP contribution in [0.25, 0.3) is 10.8 Å². The molecule has 0 fully saturated rings. The maximum absolute atomic E-state index is 8.36. The van der Waals surface area contributed by atoms with E-state index in [1.54, 1.807) is 0 Å². The zero-order chi connectivity index (χ0) is 9.10. The minimum Gasteiger partial charge on any atom is -0.411 e. The molecule has 2 rings (SSSR count). The summed E-state index contributed by atoms with van der Waals surface area (Å²) in [5.74, 6) is 0. The predicted octanol–water partition coefficient (Wildman–Crippen LogP) is 2.65. The molecule has 2 aromatic carbocycles. The summed E-state index contributed by atoms with van der Waals surface area (Å²) in [6, 6.07) is 14.0. The Balaban J connectivity index is 2.62. The summed E-state index contributed by atoms with van der Waals surface area (Å²) in [7, 11) is 0. The van der Waals surface area contributed by atoms with E-state index in [2.05, 4.69) is 11.2 Å². The topological polar surface area (TPSA) is 32.6 Å². The van der Waals surface area contributed by atoms with E-state index in [1.807, 2.05) is 36.4 Å². The third-order valence-corrected chi connectivity index (χ3v) is 1.98. The Kier molecular flexibility index (Phi) is 1.96. The van der Waals surface area contributed by atoms with E-state index in [-0.39, 0.29) is 0 Å². The third-order valence-electron chi connectivity index (χ3n) is 1.98. The Hall–Kier alpha value is -1.83. The molecule has 0 amide bonds. The molecule has 0 saturated carbocycles. The van der Waals surface area contributed by atoms with E-state index in [0.29, 0.717) is 0 Å². The summed E-state index contributed by atoms with van der Waals surface area (Å²) in [4.78, 5) is 0. The van der Waals surface area contributed by atoms with Crippen LogP contribution in [0.5, 0.6) is 0 Å². The average Bonchev–Trinajstić information content (AvgIpc) is 2.18. The second kappa shape index (κ2) is 3.27. The van der Waals surface area contributed by atoms with Gasteiger partial charge in [0.1, 0.15) is 0 Å². The molecule has 0 aromatic heterocycles. The largest absolute Gasteiger partial charge is 0.411 e. The molecule has 0 radical (unpaired) electrons. The number of fused-ring (bicyclic) bond motifs is 1. The van der Waals surface area contributed by atoms with E-state index in [0.717, 1.165) is 10.9 Å². The molecule has 2 aromatic rings. The van der Waals surface area contributed by atoms with Crippen LogP contribution in [0.4, 0.5) is 0 Å². The van der Waals surface area contributed by atoms with Crippen molar-refractivity contribution in [2.24, 2.45) is 5.16 Å². The first-order valence-corrected chi connectivity index (χ1v) is 4.06.